The Balaban J connectivity index is 1.94. The zero-order valence-corrected chi connectivity index (χ0v) is 13.4. The average molecular weight is 350 g/mol. The van der Waals surface area contributed by atoms with E-state index < -0.39 is 0 Å². The minimum absolute atomic E-state index is 0.823. The lowest BCUT2D eigenvalue weighted by molar-refractivity contribution is 0.840. The molecule has 0 aliphatic carbocycles. The van der Waals surface area contributed by atoms with Gasteiger partial charge in [0.25, 0.3) is 0 Å². The van der Waals surface area contributed by atoms with Crippen molar-refractivity contribution in [3.8, 4) is 0 Å². The van der Waals surface area contributed by atoms with Crippen molar-refractivity contribution in [3.05, 3.63) is 69.2 Å². The standard InChI is InChI=1S/C16H14BrClN2/c1-11-5-4-8-14-16(17)19-15(20(11)14)10-9-12-6-2-3-7-13(12)18/h2-8H,9-10H2,1H3. The van der Waals surface area contributed by atoms with E-state index in [1.54, 1.807) is 0 Å². The molecule has 0 N–H and O–H groups in total. The molecule has 0 amide bonds. The highest BCUT2D eigenvalue weighted by Crippen LogP contribution is 2.23. The molecule has 0 aliphatic heterocycles. The lowest BCUT2D eigenvalue weighted by Gasteiger charge is -2.06. The fourth-order valence-electron chi connectivity index (χ4n) is 2.46. The fraction of sp³-hybridized carbons (Fsp3) is 0.188. The molecule has 0 aliphatic rings. The van der Waals surface area contributed by atoms with Crippen molar-refractivity contribution in [3.63, 3.8) is 0 Å². The van der Waals surface area contributed by atoms with Gasteiger partial charge in [-0.25, -0.2) is 4.98 Å². The first-order valence-corrected chi connectivity index (χ1v) is 7.70. The largest absolute Gasteiger partial charge is 0.300 e. The third-order valence-corrected chi connectivity index (χ3v) is 4.41. The van der Waals surface area contributed by atoms with E-state index in [0.717, 1.165) is 39.4 Å². The predicted molar refractivity (Wildman–Crippen MR) is 86.5 cm³/mol. The number of pyridine rings is 1. The highest BCUT2D eigenvalue weighted by molar-refractivity contribution is 9.10. The number of aromatic nitrogens is 2. The van der Waals surface area contributed by atoms with Crippen LogP contribution >= 0.6 is 27.5 Å². The molecule has 4 heteroatoms. The second kappa shape index (κ2) is 5.58. The summed E-state index contributed by atoms with van der Waals surface area (Å²) in [4.78, 5) is 4.63. The number of nitrogens with zero attached hydrogens (tertiary/aromatic N) is 2. The molecular formula is C16H14BrClN2. The van der Waals surface area contributed by atoms with Crippen molar-refractivity contribution in [1.82, 2.24) is 9.38 Å². The number of aryl methyl sites for hydroxylation is 3. The maximum Gasteiger partial charge on any atom is 0.132 e. The number of hydrogen-bond donors (Lipinski definition) is 0. The van der Waals surface area contributed by atoms with Crippen molar-refractivity contribution in [2.45, 2.75) is 19.8 Å². The molecule has 3 rings (SSSR count). The van der Waals surface area contributed by atoms with E-state index in [9.17, 15) is 0 Å². The molecule has 1 aromatic carbocycles. The van der Waals surface area contributed by atoms with Gasteiger partial charge in [0.05, 0.1) is 5.52 Å². The number of rotatable bonds is 3. The van der Waals surface area contributed by atoms with Gasteiger partial charge in [0.2, 0.25) is 0 Å². The Morgan fingerprint density at radius 3 is 2.70 bits per heavy atom. The van der Waals surface area contributed by atoms with Crippen LogP contribution in [-0.2, 0) is 12.8 Å². The molecule has 0 saturated heterocycles. The molecule has 2 aromatic heterocycles. The van der Waals surface area contributed by atoms with Gasteiger partial charge in [-0.2, -0.15) is 0 Å². The number of imidazole rings is 1. The Morgan fingerprint density at radius 1 is 1.10 bits per heavy atom. The van der Waals surface area contributed by atoms with Gasteiger partial charge in [-0.1, -0.05) is 35.9 Å². The maximum atomic E-state index is 6.21. The Morgan fingerprint density at radius 2 is 1.90 bits per heavy atom. The van der Waals surface area contributed by atoms with Gasteiger partial charge in [-0.05, 0) is 53.0 Å². The van der Waals surface area contributed by atoms with Crippen LogP contribution in [0.5, 0.6) is 0 Å². The molecule has 102 valence electrons. The van der Waals surface area contributed by atoms with Crippen molar-refractivity contribution in [1.29, 1.82) is 0 Å². The summed E-state index contributed by atoms with van der Waals surface area (Å²) in [5.41, 5.74) is 3.46. The molecule has 3 aromatic rings. The van der Waals surface area contributed by atoms with Crippen LogP contribution in [0, 0.1) is 6.92 Å². The Labute approximate surface area is 131 Å². The van der Waals surface area contributed by atoms with Crippen LogP contribution in [0.2, 0.25) is 5.02 Å². The summed E-state index contributed by atoms with van der Waals surface area (Å²) >= 11 is 9.74. The molecular weight excluding hydrogens is 336 g/mol. The summed E-state index contributed by atoms with van der Waals surface area (Å²) in [6.45, 7) is 2.10. The smallest absolute Gasteiger partial charge is 0.132 e. The van der Waals surface area contributed by atoms with Crippen LogP contribution in [0.4, 0.5) is 0 Å². The summed E-state index contributed by atoms with van der Waals surface area (Å²) in [7, 11) is 0. The first-order chi connectivity index (χ1) is 9.66. The monoisotopic (exact) mass is 348 g/mol. The van der Waals surface area contributed by atoms with Crippen LogP contribution in [0.3, 0.4) is 0 Å². The van der Waals surface area contributed by atoms with Crippen molar-refractivity contribution >= 4 is 33.0 Å². The predicted octanol–water partition coefficient (Wildman–Crippen LogP) is 4.84. The van der Waals surface area contributed by atoms with E-state index in [2.05, 4.69) is 56.5 Å². The van der Waals surface area contributed by atoms with Crippen LogP contribution in [0.25, 0.3) is 5.52 Å². The minimum Gasteiger partial charge on any atom is -0.300 e. The maximum absolute atomic E-state index is 6.21. The minimum atomic E-state index is 0.823. The number of halogens is 2. The molecule has 2 heterocycles. The van der Waals surface area contributed by atoms with E-state index in [0.29, 0.717) is 0 Å². The van der Waals surface area contributed by atoms with Gasteiger partial charge in [-0.3, -0.25) is 4.40 Å². The van der Waals surface area contributed by atoms with Crippen molar-refractivity contribution < 1.29 is 0 Å². The van der Waals surface area contributed by atoms with Gasteiger partial charge in [-0.15, -0.1) is 0 Å². The van der Waals surface area contributed by atoms with E-state index >= 15 is 0 Å². The van der Waals surface area contributed by atoms with Crippen molar-refractivity contribution in [2.24, 2.45) is 0 Å². The lowest BCUT2D eigenvalue weighted by atomic mass is 10.1. The Bertz CT molecular complexity index is 764. The van der Waals surface area contributed by atoms with E-state index in [-0.39, 0.29) is 0 Å². The second-order valence-corrected chi connectivity index (χ2v) is 5.96. The second-order valence-electron chi connectivity index (χ2n) is 4.80. The zero-order valence-electron chi connectivity index (χ0n) is 11.1. The molecule has 2 nitrogen and oxygen atoms in total. The summed E-state index contributed by atoms with van der Waals surface area (Å²) in [6.07, 6.45) is 1.75. The van der Waals surface area contributed by atoms with Gasteiger partial charge in [0.1, 0.15) is 10.4 Å². The average Bonchev–Trinajstić information content (AvgIpc) is 2.76. The van der Waals surface area contributed by atoms with Gasteiger partial charge in [0.15, 0.2) is 0 Å². The van der Waals surface area contributed by atoms with Gasteiger partial charge < -0.3 is 0 Å². The van der Waals surface area contributed by atoms with Crippen LogP contribution in [0.15, 0.2) is 47.1 Å². The Hall–Kier alpha value is -1.32. The third-order valence-electron chi connectivity index (χ3n) is 3.46. The number of hydrogen-bond acceptors (Lipinski definition) is 1. The van der Waals surface area contributed by atoms with Gasteiger partial charge in [0, 0.05) is 17.1 Å². The van der Waals surface area contributed by atoms with Crippen LogP contribution in [0.1, 0.15) is 17.1 Å². The topological polar surface area (TPSA) is 17.3 Å². The summed E-state index contributed by atoms with van der Waals surface area (Å²) in [5.74, 6) is 1.06. The normalized spacial score (nSPS) is 11.2. The molecule has 0 radical (unpaired) electrons. The Kier molecular flexibility index (Phi) is 3.81. The van der Waals surface area contributed by atoms with Crippen molar-refractivity contribution in [2.75, 3.05) is 0 Å². The molecule has 0 saturated carbocycles. The number of benzene rings is 1. The van der Waals surface area contributed by atoms with Gasteiger partial charge >= 0.3 is 0 Å². The quantitative estimate of drug-likeness (QED) is 0.661. The summed E-state index contributed by atoms with van der Waals surface area (Å²) < 4.78 is 3.09. The molecule has 0 bridgehead atoms. The first kappa shape index (κ1) is 13.7. The first-order valence-electron chi connectivity index (χ1n) is 6.52. The van der Waals surface area contributed by atoms with E-state index in [1.165, 1.54) is 5.69 Å². The molecule has 0 atom stereocenters. The summed E-state index contributed by atoms with van der Waals surface area (Å²) in [6, 6.07) is 14.2. The van der Waals surface area contributed by atoms with E-state index in [1.807, 2.05) is 18.2 Å². The lowest BCUT2D eigenvalue weighted by Crippen LogP contribution is -2.01. The highest BCUT2D eigenvalue weighted by atomic mass is 79.9. The highest BCUT2D eigenvalue weighted by Gasteiger charge is 2.11. The summed E-state index contributed by atoms with van der Waals surface area (Å²) in [5, 5.41) is 0.823. The third kappa shape index (κ3) is 2.48. The SMILES string of the molecule is Cc1cccc2c(Br)nc(CCc3ccccc3Cl)n12. The molecule has 20 heavy (non-hydrogen) atoms. The number of fused-ring (bicyclic) bond motifs is 1. The zero-order chi connectivity index (χ0) is 14.1. The molecule has 0 spiro atoms. The molecule has 0 fully saturated rings. The van der Waals surface area contributed by atoms with Crippen LogP contribution < -0.4 is 0 Å². The molecule has 0 unspecified atom stereocenters. The van der Waals surface area contributed by atoms with E-state index in [4.69, 9.17) is 11.6 Å². The fourth-order valence-corrected chi connectivity index (χ4v) is 3.20. The van der Waals surface area contributed by atoms with Crippen LogP contribution in [-0.4, -0.2) is 9.38 Å².